The third-order valence-electron chi connectivity index (χ3n) is 6.99. The molecule has 0 spiro atoms. The number of benzene rings is 1. The molecule has 0 bridgehead atoms. The highest BCUT2D eigenvalue weighted by atomic mass is 32.2. The molecule has 1 saturated heterocycles. The van der Waals surface area contributed by atoms with Crippen LogP contribution in [0.4, 0.5) is 27.8 Å². The van der Waals surface area contributed by atoms with E-state index >= 15 is 0 Å². The van der Waals surface area contributed by atoms with Gasteiger partial charge in [-0.2, -0.15) is 23.2 Å². The number of aromatic nitrogens is 5. The Morgan fingerprint density at radius 3 is 2.46 bits per heavy atom. The third-order valence-corrected chi connectivity index (χ3v) is 9.43. The highest BCUT2D eigenvalue weighted by Crippen LogP contribution is 2.40. The first-order chi connectivity index (χ1) is 19.4. The summed E-state index contributed by atoms with van der Waals surface area (Å²) in [7, 11) is -4.14. The molecule has 11 nitrogen and oxygen atoms in total. The van der Waals surface area contributed by atoms with Gasteiger partial charge in [0.25, 0.3) is 6.43 Å². The van der Waals surface area contributed by atoms with Crippen molar-refractivity contribution in [3.8, 4) is 11.2 Å². The predicted octanol–water partition coefficient (Wildman–Crippen LogP) is 3.38. The van der Waals surface area contributed by atoms with Crippen molar-refractivity contribution in [1.82, 2.24) is 34.4 Å². The van der Waals surface area contributed by atoms with E-state index in [1.807, 2.05) is 6.07 Å². The second-order valence-corrected chi connectivity index (χ2v) is 12.5. The number of alkyl halides is 5. The fraction of sp³-hybridized carbons (Fsp3) is 0.435. The molecule has 216 valence electrons. The second-order valence-electron chi connectivity index (χ2n) is 9.81. The lowest BCUT2D eigenvalue weighted by molar-refractivity contribution is -0.146. The lowest BCUT2D eigenvalue weighted by Gasteiger charge is -2.35. The molecule has 2 aliphatic rings. The quantitative estimate of drug-likeness (QED) is 0.312. The molecule has 1 aromatic carbocycles. The van der Waals surface area contributed by atoms with Gasteiger partial charge in [-0.25, -0.2) is 27.2 Å². The molecule has 0 radical (unpaired) electrons. The van der Waals surface area contributed by atoms with E-state index in [-0.39, 0.29) is 47.4 Å². The van der Waals surface area contributed by atoms with Gasteiger partial charge in [-0.15, -0.1) is 10.2 Å². The molecule has 1 N–H and O–H groups in total. The fourth-order valence-corrected chi connectivity index (χ4v) is 6.97. The predicted molar refractivity (Wildman–Crippen MR) is 137 cm³/mol. The van der Waals surface area contributed by atoms with Gasteiger partial charge >= 0.3 is 6.18 Å². The van der Waals surface area contributed by atoms with Crippen LogP contribution in [0.2, 0.25) is 0 Å². The van der Waals surface area contributed by atoms with Crippen molar-refractivity contribution in [3.05, 3.63) is 29.5 Å². The lowest BCUT2D eigenvalue weighted by atomic mass is 10.2. The summed E-state index contributed by atoms with van der Waals surface area (Å²) in [5.74, 6) is 0.402. The highest BCUT2D eigenvalue weighted by molar-refractivity contribution is 7.89. The maximum Gasteiger partial charge on any atom is 0.401 e. The lowest BCUT2D eigenvalue weighted by Crippen LogP contribution is -2.49. The van der Waals surface area contributed by atoms with Gasteiger partial charge in [0.05, 0.1) is 28.4 Å². The Hall–Kier alpha value is -3.53. The van der Waals surface area contributed by atoms with Gasteiger partial charge in [0.1, 0.15) is 17.7 Å². The standard InChI is InChI=1S/C23H20F5N9O2S2/c24-17(25)20-32-33-21(40-20)37-15-9-13(41(38,39)34-22(10-29)3-4-22)1-2-14(15)16-18(30-12-31-19(16)37)36-7-5-35(6-8-36)11-23(26,27)28/h1-2,9,12,17,34H,3-8,11H2. The summed E-state index contributed by atoms with van der Waals surface area (Å²) < 4.78 is 95.6. The van der Waals surface area contributed by atoms with E-state index < -0.39 is 39.7 Å². The first kappa shape index (κ1) is 27.6. The molecule has 1 saturated carbocycles. The van der Waals surface area contributed by atoms with Crippen molar-refractivity contribution in [3.63, 3.8) is 0 Å². The van der Waals surface area contributed by atoms with Crippen LogP contribution in [0, 0.1) is 11.3 Å². The van der Waals surface area contributed by atoms with Gasteiger partial charge < -0.3 is 4.90 Å². The summed E-state index contributed by atoms with van der Waals surface area (Å²) in [6.07, 6.45) is -5.21. The molecule has 0 amide bonds. The maximum absolute atomic E-state index is 13.4. The Kier molecular flexibility index (Phi) is 6.60. The summed E-state index contributed by atoms with van der Waals surface area (Å²) >= 11 is 0.608. The first-order valence-electron chi connectivity index (χ1n) is 12.3. The van der Waals surface area contributed by atoms with Crippen molar-refractivity contribution in [2.45, 2.75) is 35.9 Å². The average Bonchev–Trinajstić information content (AvgIpc) is 3.36. The maximum atomic E-state index is 13.4. The summed E-state index contributed by atoms with van der Waals surface area (Å²) in [6.45, 7) is -0.300. The summed E-state index contributed by atoms with van der Waals surface area (Å²) in [5.41, 5.74) is -0.671. The van der Waals surface area contributed by atoms with E-state index in [4.69, 9.17) is 0 Å². The SMILES string of the molecule is N#CC1(NS(=O)(=O)c2ccc3c4c(N5CCN(CC(F)(F)F)CC5)ncnc4n(-c4nnc(C(F)F)s4)c3c2)CC1. The molecule has 3 aromatic heterocycles. The summed E-state index contributed by atoms with van der Waals surface area (Å²) in [5, 5.41) is 17.2. The zero-order chi connectivity index (χ0) is 29.2. The molecule has 18 heteroatoms. The van der Waals surface area contributed by atoms with E-state index in [2.05, 4.69) is 24.9 Å². The Morgan fingerprint density at radius 1 is 1.12 bits per heavy atom. The van der Waals surface area contributed by atoms with E-state index in [0.29, 0.717) is 40.8 Å². The largest absolute Gasteiger partial charge is 0.401 e. The molecule has 1 aliphatic heterocycles. The number of hydrogen-bond acceptors (Lipinski definition) is 10. The molecule has 4 heterocycles. The van der Waals surface area contributed by atoms with E-state index in [0.717, 1.165) is 0 Å². The number of rotatable bonds is 7. The zero-order valence-electron chi connectivity index (χ0n) is 20.9. The van der Waals surface area contributed by atoms with E-state index in [1.54, 1.807) is 4.90 Å². The van der Waals surface area contributed by atoms with Gasteiger partial charge in [-0.3, -0.25) is 9.47 Å². The number of nitriles is 1. The van der Waals surface area contributed by atoms with Crippen LogP contribution < -0.4 is 9.62 Å². The van der Waals surface area contributed by atoms with Crippen molar-refractivity contribution in [1.29, 1.82) is 5.26 Å². The Morgan fingerprint density at radius 2 is 1.85 bits per heavy atom. The zero-order valence-corrected chi connectivity index (χ0v) is 22.6. The number of nitrogens with one attached hydrogen (secondary N) is 1. The molecule has 0 unspecified atom stereocenters. The van der Waals surface area contributed by atoms with Gasteiger partial charge in [0, 0.05) is 31.6 Å². The van der Waals surface area contributed by atoms with Crippen LogP contribution in [0.3, 0.4) is 0 Å². The summed E-state index contributed by atoms with van der Waals surface area (Å²) in [4.78, 5) is 11.7. The minimum atomic E-state index is -4.32. The molecular formula is C23H20F5N9O2S2. The fourth-order valence-electron chi connectivity index (χ4n) is 4.85. The normalized spacial score (nSPS) is 17.9. The number of piperazine rings is 1. The van der Waals surface area contributed by atoms with Crippen LogP contribution >= 0.6 is 11.3 Å². The van der Waals surface area contributed by atoms with Gasteiger partial charge in [0.2, 0.25) is 15.2 Å². The van der Waals surface area contributed by atoms with E-state index in [1.165, 1.54) is 34.0 Å². The molecule has 0 atom stereocenters. The third kappa shape index (κ3) is 5.18. The topological polar surface area (TPSA) is 133 Å². The number of nitrogens with zero attached hydrogens (tertiary/aromatic N) is 8. The van der Waals surface area contributed by atoms with Crippen molar-refractivity contribution in [2.24, 2.45) is 0 Å². The number of sulfonamides is 1. The molecule has 1 aliphatic carbocycles. The minimum absolute atomic E-state index is 0.0122. The number of anilines is 1. The van der Waals surface area contributed by atoms with Crippen LogP contribution in [0.15, 0.2) is 29.4 Å². The van der Waals surface area contributed by atoms with Crippen molar-refractivity contribution >= 4 is 49.1 Å². The van der Waals surface area contributed by atoms with Crippen molar-refractivity contribution < 1.29 is 30.4 Å². The second kappa shape index (κ2) is 9.79. The van der Waals surface area contributed by atoms with Crippen LogP contribution in [-0.4, -0.2) is 82.5 Å². The van der Waals surface area contributed by atoms with Crippen LogP contribution in [0.1, 0.15) is 24.3 Å². The van der Waals surface area contributed by atoms with Crippen molar-refractivity contribution in [2.75, 3.05) is 37.6 Å². The monoisotopic (exact) mass is 613 g/mol. The average molecular weight is 614 g/mol. The van der Waals surface area contributed by atoms with Gasteiger partial charge in [0.15, 0.2) is 10.7 Å². The number of hydrogen-bond donors (Lipinski definition) is 1. The van der Waals surface area contributed by atoms with Crippen LogP contribution in [-0.2, 0) is 10.0 Å². The number of fused-ring (bicyclic) bond motifs is 3. The van der Waals surface area contributed by atoms with Crippen LogP contribution in [0.25, 0.3) is 27.1 Å². The Labute approximate surface area is 233 Å². The van der Waals surface area contributed by atoms with Gasteiger partial charge in [-0.1, -0.05) is 17.4 Å². The van der Waals surface area contributed by atoms with Gasteiger partial charge in [-0.05, 0) is 25.0 Å². The Balaban J connectivity index is 1.48. The smallest absolute Gasteiger partial charge is 0.353 e. The molecule has 6 rings (SSSR count). The number of halogens is 5. The van der Waals surface area contributed by atoms with E-state index in [9.17, 15) is 35.6 Å². The molecule has 41 heavy (non-hydrogen) atoms. The molecular weight excluding hydrogens is 593 g/mol. The molecule has 2 fully saturated rings. The highest BCUT2D eigenvalue weighted by Gasteiger charge is 2.47. The molecule has 4 aromatic rings. The first-order valence-corrected chi connectivity index (χ1v) is 14.6. The van der Waals surface area contributed by atoms with Crippen LogP contribution in [0.5, 0.6) is 0 Å². The minimum Gasteiger partial charge on any atom is -0.353 e. The summed E-state index contributed by atoms with van der Waals surface area (Å²) in [6, 6.07) is 6.18. The Bertz CT molecular complexity index is 1790.